The summed E-state index contributed by atoms with van der Waals surface area (Å²) in [4.78, 5) is 31.1. The molecule has 0 amide bonds. The van der Waals surface area contributed by atoms with Gasteiger partial charge in [0.15, 0.2) is 17.9 Å². The summed E-state index contributed by atoms with van der Waals surface area (Å²) in [6, 6.07) is 15.4. The smallest absolute Gasteiger partial charge is 0.272 e. The summed E-state index contributed by atoms with van der Waals surface area (Å²) in [5.74, 6) is 0.698. The van der Waals surface area contributed by atoms with Crippen LogP contribution in [0, 0.1) is 0 Å². The summed E-state index contributed by atoms with van der Waals surface area (Å²) in [5.41, 5.74) is 8.72. The first-order chi connectivity index (χ1) is 32.3. The monoisotopic (exact) mass is 911 g/mol. The number of likely N-dealkylation sites (tertiary alicyclic amines) is 1. The molecule has 8 aromatic heterocycles. The Hall–Kier alpha value is -7.29. The number of fused-ring (bicyclic) bond motifs is 2. The molecule has 0 spiro atoms. The number of alkyl halides is 2. The van der Waals surface area contributed by atoms with Gasteiger partial charge in [0, 0.05) is 67.8 Å². The highest BCUT2D eigenvalue weighted by atomic mass is 19.3. The fourth-order valence-corrected chi connectivity index (χ4v) is 7.27. The lowest BCUT2D eigenvalue weighted by Crippen LogP contribution is -2.58. The molecule has 1 aliphatic rings. The predicted molar refractivity (Wildman–Crippen MR) is 249 cm³/mol. The van der Waals surface area contributed by atoms with E-state index < -0.39 is 12.0 Å². The number of anilines is 4. The summed E-state index contributed by atoms with van der Waals surface area (Å²) in [7, 11) is 3.08. The lowest BCUT2D eigenvalue weighted by Gasteiger charge is -2.40. The van der Waals surface area contributed by atoms with Crippen LogP contribution >= 0.6 is 0 Å². The molecular formula is C47H51F2N15O3. The number of carbonyl (C=O) groups is 1. The van der Waals surface area contributed by atoms with Crippen molar-refractivity contribution >= 4 is 51.6 Å². The van der Waals surface area contributed by atoms with Gasteiger partial charge in [0.2, 0.25) is 0 Å². The van der Waals surface area contributed by atoms with E-state index in [0.717, 1.165) is 61.7 Å². The Bertz CT molecular complexity index is 2950. The highest BCUT2D eigenvalue weighted by Crippen LogP contribution is 2.28. The lowest BCUT2D eigenvalue weighted by molar-refractivity contribution is -0.141. The molecule has 0 aromatic carbocycles. The van der Waals surface area contributed by atoms with Crippen molar-refractivity contribution in [2.24, 2.45) is 0 Å². The molecular weight excluding hydrogens is 861 g/mol. The molecule has 9 heterocycles. The maximum absolute atomic E-state index is 13.1. The van der Waals surface area contributed by atoms with Crippen molar-refractivity contribution in [3.05, 3.63) is 109 Å². The molecule has 2 atom stereocenters. The largest absolute Gasteiger partial charge is 0.378 e. The Morgan fingerprint density at radius 1 is 0.627 bits per heavy atom. The van der Waals surface area contributed by atoms with E-state index in [9.17, 15) is 13.6 Å². The third-order valence-corrected chi connectivity index (χ3v) is 11.1. The fraction of sp³-hybridized carbons (Fsp3) is 0.340. The first-order valence-electron chi connectivity index (χ1n) is 21.7. The molecule has 67 heavy (non-hydrogen) atoms. The van der Waals surface area contributed by atoms with Crippen LogP contribution in [0.1, 0.15) is 50.7 Å². The maximum Gasteiger partial charge on any atom is 0.272 e. The average Bonchev–Trinajstić information content (AvgIpc) is 4.00. The molecule has 1 aliphatic heterocycles. The number of halogens is 2. The summed E-state index contributed by atoms with van der Waals surface area (Å²) < 4.78 is 40.3. The summed E-state index contributed by atoms with van der Waals surface area (Å²) in [6.07, 6.45) is 14.3. The highest BCUT2D eigenvalue weighted by molar-refractivity contribution is 5.83. The van der Waals surface area contributed by atoms with E-state index in [1.54, 1.807) is 58.6 Å². The second kappa shape index (κ2) is 20.5. The molecule has 346 valence electrons. The van der Waals surface area contributed by atoms with Crippen LogP contribution < -0.4 is 10.6 Å². The van der Waals surface area contributed by atoms with Crippen LogP contribution in [0.15, 0.2) is 98.1 Å². The zero-order valence-electron chi connectivity index (χ0n) is 38.0. The number of methoxy groups -OCH3 is 2. The van der Waals surface area contributed by atoms with E-state index in [-0.39, 0.29) is 19.2 Å². The Labute approximate surface area is 385 Å². The van der Waals surface area contributed by atoms with Crippen molar-refractivity contribution < 1.29 is 23.0 Å². The van der Waals surface area contributed by atoms with Crippen LogP contribution in [0.2, 0.25) is 0 Å². The molecule has 0 aliphatic carbocycles. The van der Waals surface area contributed by atoms with Gasteiger partial charge in [0.1, 0.15) is 17.7 Å². The molecule has 9 rings (SSSR count). The number of nitrogens with one attached hydrogen (secondary N) is 2. The normalized spacial score (nSPS) is 14.4. The van der Waals surface area contributed by atoms with Crippen LogP contribution in [0.3, 0.4) is 0 Å². The van der Waals surface area contributed by atoms with Crippen molar-refractivity contribution in [3.63, 3.8) is 0 Å². The van der Waals surface area contributed by atoms with E-state index in [0.29, 0.717) is 54.7 Å². The molecule has 0 bridgehead atoms. The zero-order valence-corrected chi connectivity index (χ0v) is 38.0. The van der Waals surface area contributed by atoms with Crippen molar-refractivity contribution in [1.29, 1.82) is 0 Å². The number of hydrogen-bond acceptors (Lipinski definition) is 16. The third-order valence-electron chi connectivity index (χ3n) is 11.1. The van der Waals surface area contributed by atoms with Gasteiger partial charge in [-0.2, -0.15) is 20.4 Å². The predicted octanol–water partition coefficient (Wildman–Crippen LogP) is 7.48. The van der Waals surface area contributed by atoms with Crippen molar-refractivity contribution in [2.75, 3.05) is 44.5 Å². The third kappa shape index (κ3) is 11.8. The molecule has 0 radical (unpaired) electrons. The molecule has 18 nitrogen and oxygen atoms in total. The first-order valence-corrected chi connectivity index (χ1v) is 21.7. The average molecular weight is 912 g/mol. The topological polar surface area (TPSA) is 202 Å². The van der Waals surface area contributed by atoms with E-state index in [4.69, 9.17) is 14.5 Å². The molecule has 0 saturated carbocycles. The van der Waals surface area contributed by atoms with Crippen LogP contribution in [-0.4, -0.2) is 123 Å². The SMILES string of the molecule is COC(C=O)Cn1cc(-c2cnc3ccc(Nc4cc(C(C)C)cnn4)nc3c2)cn1.COC(CN1CC(F)(F)C1)Cn1cc(-c2cnc3ccc(Nc4cc(C(C)C)cnn4)nc3c2)cn1. The van der Waals surface area contributed by atoms with Gasteiger partial charge in [-0.1, -0.05) is 27.7 Å². The number of hydrogen-bond donors (Lipinski definition) is 2. The summed E-state index contributed by atoms with van der Waals surface area (Å²) in [6.45, 7) is 9.23. The molecule has 1 saturated heterocycles. The van der Waals surface area contributed by atoms with Gasteiger partial charge in [0.25, 0.3) is 5.92 Å². The minimum absolute atomic E-state index is 0.223. The second-order valence-electron chi connectivity index (χ2n) is 16.9. The van der Waals surface area contributed by atoms with E-state index in [2.05, 4.69) is 83.9 Å². The Morgan fingerprint density at radius 3 is 1.58 bits per heavy atom. The van der Waals surface area contributed by atoms with Crippen LogP contribution in [-0.2, 0) is 27.4 Å². The number of aromatic nitrogens is 12. The highest BCUT2D eigenvalue weighted by Gasteiger charge is 2.44. The zero-order chi connectivity index (χ0) is 47.1. The number of pyridine rings is 4. The molecule has 8 aromatic rings. The quantitative estimate of drug-likeness (QED) is 0.0851. The number of nitrogens with zero attached hydrogens (tertiary/aromatic N) is 13. The Kier molecular flexibility index (Phi) is 14.1. The van der Waals surface area contributed by atoms with Gasteiger partial charge in [0.05, 0.1) is 79.1 Å². The minimum Gasteiger partial charge on any atom is -0.378 e. The molecule has 1 fully saturated rings. The van der Waals surface area contributed by atoms with Gasteiger partial charge < -0.3 is 24.9 Å². The van der Waals surface area contributed by atoms with Crippen molar-refractivity contribution in [2.45, 2.75) is 70.8 Å². The van der Waals surface area contributed by atoms with Crippen molar-refractivity contribution in [3.8, 4) is 22.3 Å². The number of rotatable bonds is 17. The van der Waals surface area contributed by atoms with E-state index in [1.165, 1.54) is 7.11 Å². The second-order valence-corrected chi connectivity index (χ2v) is 16.9. The van der Waals surface area contributed by atoms with Crippen LogP contribution in [0.5, 0.6) is 0 Å². The number of carbonyl (C=O) groups excluding carboxylic acids is 1. The molecule has 20 heteroatoms. The Morgan fingerprint density at radius 2 is 1.13 bits per heavy atom. The molecule has 2 N–H and O–H groups in total. The maximum atomic E-state index is 13.1. The van der Waals surface area contributed by atoms with Crippen LogP contribution in [0.25, 0.3) is 44.3 Å². The summed E-state index contributed by atoms with van der Waals surface area (Å²) >= 11 is 0. The number of aldehydes is 1. The van der Waals surface area contributed by atoms with E-state index >= 15 is 0 Å². The van der Waals surface area contributed by atoms with Gasteiger partial charge in [-0.15, -0.1) is 10.2 Å². The first kappa shape index (κ1) is 46.2. The van der Waals surface area contributed by atoms with Gasteiger partial charge >= 0.3 is 0 Å². The standard InChI is InChI=1S/C25H28F2N8O.C22H23N7O2/c1-16(2)17-7-24(33-29-9-17)32-23-5-4-21-22(31-23)6-18(8-28-21)19-10-30-35(11-19)13-20(36-3)12-34-14-25(26,27)15-34;1-14(2)15-7-22(28-24-9-15)27-21-5-4-19-20(26-21)6-16(8-23-19)17-10-25-29(11-17)12-18(13-30)31-3/h4-11,16,20H,12-15H2,1-3H3,(H,31,32,33);4-11,13-14,18H,12H2,1-3H3,(H,26,27,28). The lowest BCUT2D eigenvalue weighted by atomic mass is 10.1. The van der Waals surface area contributed by atoms with Gasteiger partial charge in [-0.25, -0.2) is 18.7 Å². The fourth-order valence-electron chi connectivity index (χ4n) is 7.27. The van der Waals surface area contributed by atoms with E-state index in [1.807, 2.05) is 60.9 Å². The minimum atomic E-state index is -2.59. The van der Waals surface area contributed by atoms with Crippen molar-refractivity contribution in [1.82, 2.24) is 64.8 Å². The molecule has 2 unspecified atom stereocenters. The van der Waals surface area contributed by atoms with Crippen LogP contribution in [0.4, 0.5) is 32.1 Å². The Balaban J connectivity index is 0.000000184. The summed E-state index contributed by atoms with van der Waals surface area (Å²) in [5, 5.41) is 31.6. The van der Waals surface area contributed by atoms with Gasteiger partial charge in [-0.3, -0.25) is 24.2 Å². The number of ether oxygens (including phenoxy) is 2. The van der Waals surface area contributed by atoms with Gasteiger partial charge in [-0.05, 0) is 71.5 Å².